The number of rotatable bonds is 5. The highest BCUT2D eigenvalue weighted by atomic mass is 16.6. The molecule has 4 aromatic carbocycles. The van der Waals surface area contributed by atoms with Crippen LogP contribution < -0.4 is 10.5 Å². The molecule has 8 nitrogen and oxygen atoms in total. The molecular weight excluding hydrogens is 480 g/mol. The number of carbonyl (C=O) groups excluding carboxylic acids is 1. The molecule has 0 unspecified atom stereocenters. The lowest BCUT2D eigenvalue weighted by atomic mass is 10.1. The maximum atomic E-state index is 13.8. The van der Waals surface area contributed by atoms with Crippen molar-refractivity contribution in [2.75, 3.05) is 4.90 Å². The normalized spacial score (nSPS) is 13.7. The lowest BCUT2D eigenvalue weighted by Gasteiger charge is -2.17. The van der Waals surface area contributed by atoms with Crippen LogP contribution in [0.1, 0.15) is 17.0 Å². The van der Waals surface area contributed by atoms with Gasteiger partial charge in [0.05, 0.1) is 39.3 Å². The number of nitro benzene ring substituents is 1. The molecular formula is C30H20N4O4. The SMILES string of the molecule is O=C1/C(=C/c2nc3ccccc3c(=O)n2-c2cccc([N+](=O)[O-])c2)c2ccccc2N1Cc1ccccc1. The molecule has 1 amide bonds. The molecule has 1 aliphatic heterocycles. The van der Waals surface area contributed by atoms with Crippen LogP contribution in [0.2, 0.25) is 0 Å². The third-order valence-corrected chi connectivity index (χ3v) is 6.52. The highest BCUT2D eigenvalue weighted by Gasteiger charge is 2.32. The minimum Gasteiger partial charge on any atom is -0.303 e. The second kappa shape index (κ2) is 9.25. The topological polar surface area (TPSA) is 98.3 Å². The van der Waals surface area contributed by atoms with Gasteiger partial charge in [0.1, 0.15) is 5.82 Å². The molecule has 0 bridgehead atoms. The lowest BCUT2D eigenvalue weighted by molar-refractivity contribution is -0.384. The second-order valence-corrected chi connectivity index (χ2v) is 8.86. The van der Waals surface area contributed by atoms with Crippen LogP contribution >= 0.6 is 0 Å². The van der Waals surface area contributed by atoms with Crippen molar-refractivity contribution in [3.8, 4) is 5.69 Å². The van der Waals surface area contributed by atoms with Crippen molar-refractivity contribution < 1.29 is 9.72 Å². The van der Waals surface area contributed by atoms with Crippen LogP contribution in [0.25, 0.3) is 28.2 Å². The number of para-hydroxylation sites is 2. The third-order valence-electron chi connectivity index (χ3n) is 6.52. The first-order valence-corrected chi connectivity index (χ1v) is 11.9. The standard InChI is InChI=1S/C30H20N4O4/c35-29-25(23-13-5-7-16-27(23)32(29)19-20-9-2-1-3-10-20)18-28-31-26-15-6-4-14-24(26)30(36)33(28)21-11-8-12-22(17-21)34(37)38/h1-18H,19H2/b25-18+. The summed E-state index contributed by atoms with van der Waals surface area (Å²) in [6, 6.07) is 29.9. The number of non-ortho nitro benzene ring substituents is 1. The summed E-state index contributed by atoms with van der Waals surface area (Å²) in [5.74, 6) is -0.0167. The summed E-state index contributed by atoms with van der Waals surface area (Å²) in [4.78, 5) is 44.8. The van der Waals surface area contributed by atoms with Crippen molar-refractivity contribution in [2.24, 2.45) is 0 Å². The zero-order chi connectivity index (χ0) is 26.2. The molecule has 0 saturated carbocycles. The highest BCUT2D eigenvalue weighted by Crippen LogP contribution is 2.38. The van der Waals surface area contributed by atoms with Crippen molar-refractivity contribution in [1.82, 2.24) is 9.55 Å². The Morgan fingerprint density at radius 2 is 1.58 bits per heavy atom. The van der Waals surface area contributed by atoms with Gasteiger partial charge in [-0.2, -0.15) is 0 Å². The van der Waals surface area contributed by atoms with E-state index in [1.54, 1.807) is 41.3 Å². The van der Waals surface area contributed by atoms with Gasteiger partial charge in [0.2, 0.25) is 0 Å². The summed E-state index contributed by atoms with van der Waals surface area (Å²) < 4.78 is 1.32. The average Bonchev–Trinajstić information content (AvgIpc) is 3.20. The molecule has 0 N–H and O–H groups in total. The Kier molecular flexibility index (Phi) is 5.61. The van der Waals surface area contributed by atoms with E-state index in [1.807, 2.05) is 54.6 Å². The number of aromatic nitrogens is 2. The van der Waals surface area contributed by atoms with Crippen LogP contribution in [0.15, 0.2) is 108 Å². The molecule has 38 heavy (non-hydrogen) atoms. The molecule has 0 aliphatic carbocycles. The van der Waals surface area contributed by atoms with E-state index in [1.165, 1.54) is 22.8 Å². The number of carbonyl (C=O) groups is 1. The quantitative estimate of drug-likeness (QED) is 0.183. The predicted octanol–water partition coefficient (Wildman–Crippen LogP) is 5.38. The largest absolute Gasteiger partial charge is 0.303 e. The van der Waals surface area contributed by atoms with E-state index >= 15 is 0 Å². The number of hydrogen-bond acceptors (Lipinski definition) is 5. The Morgan fingerprint density at radius 3 is 2.39 bits per heavy atom. The fraction of sp³-hybridized carbons (Fsp3) is 0.0333. The van der Waals surface area contributed by atoms with E-state index in [2.05, 4.69) is 0 Å². The molecule has 0 atom stereocenters. The number of nitrogens with zero attached hydrogens (tertiary/aromatic N) is 4. The maximum absolute atomic E-state index is 13.8. The molecule has 0 fully saturated rings. The van der Waals surface area contributed by atoms with Crippen LogP contribution in [-0.4, -0.2) is 20.4 Å². The first-order chi connectivity index (χ1) is 18.5. The van der Waals surface area contributed by atoms with Crippen molar-refractivity contribution >= 4 is 39.8 Å². The summed E-state index contributed by atoms with van der Waals surface area (Å²) in [6.07, 6.45) is 1.60. The Hall–Kier alpha value is -5.37. The average molecular weight is 501 g/mol. The Morgan fingerprint density at radius 1 is 0.842 bits per heavy atom. The summed E-state index contributed by atoms with van der Waals surface area (Å²) in [6.45, 7) is 0.386. The van der Waals surface area contributed by atoms with E-state index < -0.39 is 4.92 Å². The zero-order valence-electron chi connectivity index (χ0n) is 20.0. The van der Waals surface area contributed by atoms with Gasteiger partial charge in [0.15, 0.2) is 0 Å². The van der Waals surface area contributed by atoms with Crippen molar-refractivity contribution in [3.05, 3.63) is 141 Å². The Balaban J connectivity index is 1.56. The summed E-state index contributed by atoms with van der Waals surface area (Å²) in [5.41, 5.74) is 3.06. The van der Waals surface area contributed by atoms with E-state index in [-0.39, 0.29) is 28.7 Å². The molecule has 1 aromatic heterocycles. The maximum Gasteiger partial charge on any atom is 0.271 e. The van der Waals surface area contributed by atoms with Gasteiger partial charge in [-0.25, -0.2) is 4.98 Å². The number of anilines is 1. The monoisotopic (exact) mass is 500 g/mol. The van der Waals surface area contributed by atoms with Crippen LogP contribution in [-0.2, 0) is 11.3 Å². The predicted molar refractivity (Wildman–Crippen MR) is 146 cm³/mol. The number of hydrogen-bond donors (Lipinski definition) is 0. The van der Waals surface area contributed by atoms with Gasteiger partial charge in [0.25, 0.3) is 17.2 Å². The van der Waals surface area contributed by atoms with E-state index in [0.29, 0.717) is 23.0 Å². The van der Waals surface area contributed by atoms with E-state index in [9.17, 15) is 19.7 Å². The fourth-order valence-corrected chi connectivity index (χ4v) is 4.74. The van der Waals surface area contributed by atoms with Crippen molar-refractivity contribution in [2.45, 2.75) is 6.54 Å². The van der Waals surface area contributed by atoms with Gasteiger partial charge in [-0.3, -0.25) is 24.3 Å². The van der Waals surface area contributed by atoms with Crippen LogP contribution in [0.4, 0.5) is 11.4 Å². The number of amides is 1. The summed E-state index contributed by atoms with van der Waals surface area (Å²) in [7, 11) is 0. The van der Waals surface area contributed by atoms with Crippen molar-refractivity contribution in [1.29, 1.82) is 0 Å². The molecule has 0 radical (unpaired) electrons. The summed E-state index contributed by atoms with van der Waals surface area (Å²) >= 11 is 0. The lowest BCUT2D eigenvalue weighted by Crippen LogP contribution is -2.26. The molecule has 1 aliphatic rings. The molecule has 2 heterocycles. The third kappa shape index (κ3) is 3.94. The molecule has 8 heteroatoms. The van der Waals surface area contributed by atoms with Gasteiger partial charge in [0, 0.05) is 17.7 Å². The Labute approximate surface area is 216 Å². The second-order valence-electron chi connectivity index (χ2n) is 8.86. The zero-order valence-corrected chi connectivity index (χ0v) is 20.0. The molecule has 184 valence electrons. The van der Waals surface area contributed by atoms with Gasteiger partial charge in [-0.15, -0.1) is 0 Å². The van der Waals surface area contributed by atoms with Gasteiger partial charge in [-0.1, -0.05) is 66.7 Å². The Bertz CT molecular complexity index is 1830. The van der Waals surface area contributed by atoms with Crippen LogP contribution in [0.5, 0.6) is 0 Å². The number of benzene rings is 4. The minimum absolute atomic E-state index is 0.155. The van der Waals surface area contributed by atoms with E-state index in [0.717, 1.165) is 16.8 Å². The molecule has 0 spiro atoms. The molecule has 6 rings (SSSR count). The van der Waals surface area contributed by atoms with Gasteiger partial charge < -0.3 is 4.90 Å². The summed E-state index contributed by atoms with van der Waals surface area (Å²) in [5, 5.41) is 11.8. The smallest absolute Gasteiger partial charge is 0.271 e. The molecule has 0 saturated heterocycles. The minimum atomic E-state index is -0.515. The highest BCUT2D eigenvalue weighted by molar-refractivity contribution is 6.35. The van der Waals surface area contributed by atoms with Crippen LogP contribution in [0.3, 0.4) is 0 Å². The van der Waals surface area contributed by atoms with E-state index in [4.69, 9.17) is 4.98 Å². The number of nitro groups is 1. The fourth-order valence-electron chi connectivity index (χ4n) is 4.74. The first-order valence-electron chi connectivity index (χ1n) is 11.9. The number of fused-ring (bicyclic) bond motifs is 2. The first kappa shape index (κ1) is 23.1. The molecule has 5 aromatic rings. The van der Waals surface area contributed by atoms with Crippen LogP contribution in [0, 0.1) is 10.1 Å². The van der Waals surface area contributed by atoms with Crippen molar-refractivity contribution in [3.63, 3.8) is 0 Å². The van der Waals surface area contributed by atoms with Gasteiger partial charge >= 0.3 is 0 Å². The van der Waals surface area contributed by atoms with Gasteiger partial charge in [-0.05, 0) is 35.9 Å².